The highest BCUT2D eigenvalue weighted by atomic mass is 16.5. The lowest BCUT2D eigenvalue weighted by Gasteiger charge is -2.40. The molecule has 2 aromatic heterocycles. The maximum absolute atomic E-state index is 5.68. The van der Waals surface area contributed by atoms with Crippen molar-refractivity contribution in [3.8, 4) is 62.8 Å². The highest BCUT2D eigenvalue weighted by molar-refractivity contribution is 5.72. The Hall–Kier alpha value is -5.68. The molecule has 0 radical (unpaired) electrons. The fourth-order valence-electron chi connectivity index (χ4n) is 7.04. The number of rotatable bonds is 15. The molecule has 1 fully saturated rings. The first-order valence-electron chi connectivity index (χ1n) is 17.6. The van der Waals surface area contributed by atoms with Crippen LogP contribution in [0.2, 0.25) is 0 Å². The van der Waals surface area contributed by atoms with E-state index >= 15 is 0 Å². The van der Waals surface area contributed by atoms with E-state index in [0.29, 0.717) is 47.1 Å². The maximum atomic E-state index is 5.68. The summed E-state index contributed by atoms with van der Waals surface area (Å²) in [7, 11) is 11.4. The van der Waals surface area contributed by atoms with Crippen LogP contribution in [0, 0.1) is 0 Å². The molecule has 286 valence electrons. The Morgan fingerprint density at radius 3 is 1.74 bits per heavy atom. The van der Waals surface area contributed by atoms with Gasteiger partial charge in [0.1, 0.15) is 5.75 Å². The van der Waals surface area contributed by atoms with E-state index in [0.717, 1.165) is 72.0 Å². The number of anilines is 1. The topological polar surface area (TPSA) is 96.9 Å². The summed E-state index contributed by atoms with van der Waals surface area (Å²) in [6, 6.07) is 24.8. The number of hydrogen-bond acceptors (Lipinski definition) is 11. The van der Waals surface area contributed by atoms with Crippen molar-refractivity contribution in [2.24, 2.45) is 0 Å². The molecule has 0 unspecified atom stereocenters. The third-order valence-corrected chi connectivity index (χ3v) is 9.76. The molecule has 0 bridgehead atoms. The number of nitrogens with zero attached hydrogens (tertiary/aromatic N) is 4. The zero-order valence-corrected chi connectivity index (χ0v) is 31.5. The van der Waals surface area contributed by atoms with Crippen LogP contribution in [0.3, 0.4) is 0 Å². The van der Waals surface area contributed by atoms with Gasteiger partial charge in [0, 0.05) is 61.4 Å². The number of ether oxygens (including phenoxy) is 7. The summed E-state index contributed by atoms with van der Waals surface area (Å²) >= 11 is 0. The molecule has 0 N–H and O–H groups in total. The van der Waals surface area contributed by atoms with Gasteiger partial charge in [0.2, 0.25) is 11.5 Å². The highest BCUT2D eigenvalue weighted by Crippen LogP contribution is 2.43. The number of pyridine rings is 2. The quantitative estimate of drug-likeness (QED) is 0.104. The van der Waals surface area contributed by atoms with Crippen LogP contribution in [-0.2, 0) is 13.1 Å². The van der Waals surface area contributed by atoms with Gasteiger partial charge in [-0.1, -0.05) is 13.5 Å². The molecule has 1 aliphatic rings. The molecule has 1 aliphatic heterocycles. The molecule has 3 heterocycles. The smallest absolute Gasteiger partial charge is 0.203 e. The van der Waals surface area contributed by atoms with Crippen molar-refractivity contribution in [1.29, 1.82) is 0 Å². The summed E-state index contributed by atoms with van der Waals surface area (Å²) in [6.07, 6.45) is 5.68. The lowest BCUT2D eigenvalue weighted by atomic mass is 9.98. The van der Waals surface area contributed by atoms with E-state index in [1.165, 1.54) is 5.56 Å². The predicted molar refractivity (Wildman–Crippen MR) is 213 cm³/mol. The van der Waals surface area contributed by atoms with Crippen molar-refractivity contribution in [2.75, 3.05) is 67.8 Å². The van der Waals surface area contributed by atoms with Crippen molar-refractivity contribution < 1.29 is 33.2 Å². The molecule has 1 saturated heterocycles. The molecule has 0 saturated carbocycles. The Morgan fingerprint density at radius 1 is 0.630 bits per heavy atom. The van der Waals surface area contributed by atoms with E-state index in [2.05, 4.69) is 45.1 Å². The second-order valence-corrected chi connectivity index (χ2v) is 12.7. The van der Waals surface area contributed by atoms with Crippen molar-refractivity contribution in [2.45, 2.75) is 39.4 Å². The molecule has 5 aromatic rings. The molecule has 11 nitrogen and oxygen atoms in total. The van der Waals surface area contributed by atoms with E-state index in [9.17, 15) is 0 Å². The molecule has 54 heavy (non-hydrogen) atoms. The summed E-state index contributed by atoms with van der Waals surface area (Å²) in [5.74, 6) is 4.30. The first-order valence-corrected chi connectivity index (χ1v) is 17.6. The van der Waals surface area contributed by atoms with E-state index < -0.39 is 0 Å². The minimum absolute atomic E-state index is 0. The molecular weight excluding hydrogens is 684 g/mol. The van der Waals surface area contributed by atoms with Crippen LogP contribution in [0.1, 0.15) is 31.4 Å². The lowest BCUT2D eigenvalue weighted by molar-refractivity contribution is 0.201. The standard InChI is InChI=1S/C42H48N4O7.CH4/c1-47-34-12-10-32(11-13-34)46(27-29-9-8-17-44-40(29)31-24-38(50-4)42(53-7)39(25-31)51-5)33-15-19-45(20-16-33)26-28-14-18-43-35(21-28)30-22-36(48-2)41(52-6)37(23-30)49-3;/h8-14,17-18,21-25,33H,15-16,19-20,26-27H2,1-7H3;1H4. The van der Waals surface area contributed by atoms with E-state index in [1.54, 1.807) is 49.8 Å². The lowest BCUT2D eigenvalue weighted by Crippen LogP contribution is -2.44. The van der Waals surface area contributed by atoms with Crippen LogP contribution in [0.15, 0.2) is 85.2 Å². The summed E-state index contributed by atoms with van der Waals surface area (Å²) in [6.45, 7) is 3.39. The zero-order chi connectivity index (χ0) is 37.3. The van der Waals surface area contributed by atoms with Crippen molar-refractivity contribution >= 4 is 5.69 Å². The summed E-state index contributed by atoms with van der Waals surface area (Å²) in [5.41, 5.74) is 6.92. The van der Waals surface area contributed by atoms with Crippen LogP contribution >= 0.6 is 0 Å². The summed E-state index contributed by atoms with van der Waals surface area (Å²) in [5, 5.41) is 0. The SMILES string of the molecule is C.COc1ccc(N(Cc2cccnc2-c2cc(OC)c(OC)c(OC)c2)C2CCN(Cc3ccnc(-c4cc(OC)c(OC)c(OC)c4)c3)CC2)cc1. The monoisotopic (exact) mass is 736 g/mol. The first kappa shape index (κ1) is 39.5. The van der Waals surface area contributed by atoms with Gasteiger partial charge >= 0.3 is 0 Å². The fraction of sp³-hybridized carbons (Fsp3) is 0.349. The van der Waals surface area contributed by atoms with Gasteiger partial charge in [-0.2, -0.15) is 0 Å². The normalized spacial score (nSPS) is 13.0. The third kappa shape index (κ3) is 8.58. The first-order chi connectivity index (χ1) is 25.9. The summed E-state index contributed by atoms with van der Waals surface area (Å²) in [4.78, 5) is 14.6. The van der Waals surface area contributed by atoms with E-state index in [4.69, 9.17) is 38.1 Å². The maximum Gasteiger partial charge on any atom is 0.203 e. The minimum atomic E-state index is 0. The van der Waals surface area contributed by atoms with Gasteiger partial charge in [0.05, 0.1) is 61.2 Å². The summed E-state index contributed by atoms with van der Waals surface area (Å²) < 4.78 is 39.1. The average molecular weight is 737 g/mol. The number of aromatic nitrogens is 2. The highest BCUT2D eigenvalue weighted by Gasteiger charge is 2.27. The number of benzene rings is 3. The van der Waals surface area contributed by atoms with Gasteiger partial charge in [-0.25, -0.2) is 0 Å². The fourth-order valence-corrected chi connectivity index (χ4v) is 7.04. The Bertz CT molecular complexity index is 1930. The van der Waals surface area contributed by atoms with Crippen LogP contribution in [0.25, 0.3) is 22.5 Å². The van der Waals surface area contributed by atoms with Crippen LogP contribution in [0.5, 0.6) is 40.2 Å². The van der Waals surface area contributed by atoms with E-state index in [1.807, 2.05) is 54.9 Å². The second kappa shape index (κ2) is 18.4. The third-order valence-electron chi connectivity index (χ3n) is 9.76. The second-order valence-electron chi connectivity index (χ2n) is 12.7. The Labute approximate surface area is 319 Å². The van der Waals surface area contributed by atoms with Crippen LogP contribution in [0.4, 0.5) is 5.69 Å². The predicted octanol–water partition coefficient (Wildman–Crippen LogP) is 8.18. The molecule has 6 rings (SSSR count). The number of piperidine rings is 1. The zero-order valence-electron chi connectivity index (χ0n) is 31.5. The van der Waals surface area contributed by atoms with Gasteiger partial charge in [0.25, 0.3) is 0 Å². The van der Waals surface area contributed by atoms with Crippen molar-refractivity contribution in [1.82, 2.24) is 14.9 Å². The van der Waals surface area contributed by atoms with Crippen molar-refractivity contribution in [3.05, 3.63) is 96.3 Å². The van der Waals surface area contributed by atoms with Gasteiger partial charge in [-0.05, 0) is 90.7 Å². The molecule has 0 amide bonds. The minimum Gasteiger partial charge on any atom is -0.497 e. The van der Waals surface area contributed by atoms with Gasteiger partial charge < -0.3 is 38.1 Å². The molecule has 3 aromatic carbocycles. The molecule has 0 aliphatic carbocycles. The molecule has 0 atom stereocenters. The number of methoxy groups -OCH3 is 7. The van der Waals surface area contributed by atoms with Gasteiger partial charge in [0.15, 0.2) is 23.0 Å². The van der Waals surface area contributed by atoms with Crippen LogP contribution < -0.4 is 38.1 Å². The van der Waals surface area contributed by atoms with Gasteiger partial charge in [-0.15, -0.1) is 0 Å². The Morgan fingerprint density at radius 2 is 1.20 bits per heavy atom. The average Bonchev–Trinajstić information content (AvgIpc) is 3.22. The molecular formula is C43H52N4O7. The molecule has 11 heteroatoms. The number of likely N-dealkylation sites (tertiary alicyclic amines) is 1. The number of hydrogen-bond donors (Lipinski definition) is 0. The van der Waals surface area contributed by atoms with Crippen molar-refractivity contribution in [3.63, 3.8) is 0 Å². The molecule has 0 spiro atoms. The van der Waals surface area contributed by atoms with Gasteiger partial charge in [-0.3, -0.25) is 14.9 Å². The van der Waals surface area contributed by atoms with E-state index in [-0.39, 0.29) is 7.43 Å². The largest absolute Gasteiger partial charge is 0.497 e. The Kier molecular flexibility index (Phi) is 13.5. The van der Waals surface area contributed by atoms with Crippen LogP contribution in [-0.4, -0.2) is 83.8 Å². The Balaban J connectivity index is 0.00000561.